The summed E-state index contributed by atoms with van der Waals surface area (Å²) in [6.07, 6.45) is 3.69. The highest BCUT2D eigenvalue weighted by molar-refractivity contribution is 5.91. The number of rotatable bonds is 5. The van der Waals surface area contributed by atoms with Crippen molar-refractivity contribution in [1.82, 2.24) is 14.5 Å². The molecule has 0 saturated heterocycles. The van der Waals surface area contributed by atoms with Crippen LogP contribution in [0.25, 0.3) is 11.0 Å². The zero-order valence-corrected chi connectivity index (χ0v) is 14.2. The highest BCUT2D eigenvalue weighted by atomic mass is 15.1. The molecule has 0 bridgehead atoms. The molecule has 2 N–H and O–H groups in total. The molecule has 0 aromatic carbocycles. The van der Waals surface area contributed by atoms with Gasteiger partial charge in [0.15, 0.2) is 0 Å². The highest BCUT2D eigenvalue weighted by Gasteiger charge is 2.19. The first-order valence-electron chi connectivity index (χ1n) is 7.94. The summed E-state index contributed by atoms with van der Waals surface area (Å²) >= 11 is 0. The van der Waals surface area contributed by atoms with Gasteiger partial charge in [-0.25, -0.2) is 9.97 Å². The second-order valence-electron chi connectivity index (χ2n) is 6.61. The van der Waals surface area contributed by atoms with Gasteiger partial charge in [-0.3, -0.25) is 0 Å². The smallest absolute Gasteiger partial charge is 0.146 e. The Labute approximate surface area is 127 Å². The van der Waals surface area contributed by atoms with Crippen LogP contribution in [-0.2, 0) is 0 Å². The number of nitrogen functional groups attached to an aromatic ring is 1. The average molecular weight is 288 g/mol. The summed E-state index contributed by atoms with van der Waals surface area (Å²) in [5.74, 6) is 2.11. The van der Waals surface area contributed by atoms with Gasteiger partial charge < -0.3 is 10.3 Å². The van der Waals surface area contributed by atoms with Crippen molar-refractivity contribution in [2.75, 3.05) is 5.73 Å². The minimum Gasteiger partial charge on any atom is -0.383 e. The molecule has 4 nitrogen and oxygen atoms in total. The zero-order valence-electron chi connectivity index (χ0n) is 14.2. The molecule has 0 aliphatic heterocycles. The fourth-order valence-electron chi connectivity index (χ4n) is 3.12. The Morgan fingerprint density at radius 3 is 2.33 bits per heavy atom. The molecule has 21 heavy (non-hydrogen) atoms. The summed E-state index contributed by atoms with van der Waals surface area (Å²) in [5, 5.41) is 1.02. The molecular weight excluding hydrogens is 260 g/mol. The third-order valence-corrected chi connectivity index (χ3v) is 4.38. The zero-order chi connectivity index (χ0) is 15.7. The highest BCUT2D eigenvalue weighted by Crippen LogP contribution is 2.32. The lowest BCUT2D eigenvalue weighted by Crippen LogP contribution is -2.09. The summed E-state index contributed by atoms with van der Waals surface area (Å²) in [6.45, 7) is 13.0. The van der Waals surface area contributed by atoms with Crippen LogP contribution in [-0.4, -0.2) is 14.5 Å². The van der Waals surface area contributed by atoms with Crippen molar-refractivity contribution in [2.24, 2.45) is 5.92 Å². The molecule has 1 unspecified atom stereocenters. The van der Waals surface area contributed by atoms with Crippen molar-refractivity contribution in [3.05, 3.63) is 17.1 Å². The van der Waals surface area contributed by atoms with Crippen molar-refractivity contribution >= 4 is 16.9 Å². The van der Waals surface area contributed by atoms with Gasteiger partial charge in [0.25, 0.3) is 0 Å². The van der Waals surface area contributed by atoms with Crippen LogP contribution < -0.4 is 5.73 Å². The molecule has 0 spiro atoms. The molecule has 0 saturated carbocycles. The van der Waals surface area contributed by atoms with E-state index >= 15 is 0 Å². The lowest BCUT2D eigenvalue weighted by Gasteiger charge is -2.18. The first-order chi connectivity index (χ1) is 9.82. The largest absolute Gasteiger partial charge is 0.383 e. The number of nitrogens with two attached hydrogens (primary N) is 1. The topological polar surface area (TPSA) is 56.7 Å². The van der Waals surface area contributed by atoms with Crippen molar-refractivity contribution in [3.8, 4) is 0 Å². The fourth-order valence-corrected chi connectivity index (χ4v) is 3.12. The number of anilines is 1. The van der Waals surface area contributed by atoms with Gasteiger partial charge in [0.2, 0.25) is 0 Å². The van der Waals surface area contributed by atoms with E-state index in [1.165, 1.54) is 30.5 Å². The first kappa shape index (κ1) is 15.8. The molecule has 116 valence electrons. The van der Waals surface area contributed by atoms with Crippen molar-refractivity contribution in [2.45, 2.75) is 66.8 Å². The van der Waals surface area contributed by atoms with E-state index in [4.69, 9.17) is 5.73 Å². The third kappa shape index (κ3) is 3.04. The van der Waals surface area contributed by atoms with E-state index in [2.05, 4.69) is 49.2 Å². The van der Waals surface area contributed by atoms with E-state index < -0.39 is 0 Å². The standard InChI is InChI=1S/C17H28N4/c1-10(2)8-7-9-11(3)21-13(5)12(4)15-16(18)19-14(6)20-17(15)21/h10-11H,7-9H2,1-6H3,(H2,18,19,20). The number of hydrogen-bond acceptors (Lipinski definition) is 3. The van der Waals surface area contributed by atoms with E-state index in [0.717, 1.165) is 22.8 Å². The Morgan fingerprint density at radius 2 is 1.71 bits per heavy atom. The van der Waals surface area contributed by atoms with E-state index in [0.29, 0.717) is 11.9 Å². The van der Waals surface area contributed by atoms with Crippen LogP contribution in [0.5, 0.6) is 0 Å². The van der Waals surface area contributed by atoms with Crippen molar-refractivity contribution < 1.29 is 0 Å². The SMILES string of the molecule is Cc1nc(N)c2c(C)c(C)n(C(C)CCCC(C)C)c2n1. The van der Waals surface area contributed by atoms with E-state index in [9.17, 15) is 0 Å². The Morgan fingerprint density at radius 1 is 1.05 bits per heavy atom. The molecule has 2 aromatic rings. The number of nitrogens with zero attached hydrogens (tertiary/aromatic N) is 3. The molecule has 2 aromatic heterocycles. The molecule has 1 atom stereocenters. The number of fused-ring (bicyclic) bond motifs is 1. The van der Waals surface area contributed by atoms with E-state index in [-0.39, 0.29) is 0 Å². The normalized spacial score (nSPS) is 13.3. The van der Waals surface area contributed by atoms with Crippen molar-refractivity contribution in [1.29, 1.82) is 0 Å². The number of hydrogen-bond donors (Lipinski definition) is 1. The van der Waals surface area contributed by atoms with Gasteiger partial charge in [-0.05, 0) is 45.6 Å². The summed E-state index contributed by atoms with van der Waals surface area (Å²) in [6, 6.07) is 0.439. The lowest BCUT2D eigenvalue weighted by molar-refractivity contribution is 0.448. The summed E-state index contributed by atoms with van der Waals surface area (Å²) in [7, 11) is 0. The monoisotopic (exact) mass is 288 g/mol. The third-order valence-electron chi connectivity index (χ3n) is 4.38. The summed E-state index contributed by atoms with van der Waals surface area (Å²) in [5.41, 5.74) is 9.57. The Hall–Kier alpha value is -1.58. The molecular formula is C17H28N4. The van der Waals surface area contributed by atoms with Crippen LogP contribution in [0.15, 0.2) is 0 Å². The molecule has 0 aliphatic rings. The predicted molar refractivity (Wildman–Crippen MR) is 89.6 cm³/mol. The van der Waals surface area contributed by atoms with Crippen LogP contribution in [0.3, 0.4) is 0 Å². The van der Waals surface area contributed by atoms with Crippen LogP contribution >= 0.6 is 0 Å². The van der Waals surface area contributed by atoms with Gasteiger partial charge in [-0.15, -0.1) is 0 Å². The van der Waals surface area contributed by atoms with Crippen LogP contribution in [0.2, 0.25) is 0 Å². The molecule has 0 fully saturated rings. The van der Waals surface area contributed by atoms with E-state index in [1.807, 2.05) is 6.92 Å². The average Bonchev–Trinajstić information content (AvgIpc) is 2.61. The molecule has 2 rings (SSSR count). The van der Waals surface area contributed by atoms with Crippen molar-refractivity contribution in [3.63, 3.8) is 0 Å². The second-order valence-corrected chi connectivity index (χ2v) is 6.61. The maximum atomic E-state index is 6.12. The van der Waals surface area contributed by atoms with E-state index in [1.54, 1.807) is 0 Å². The van der Waals surface area contributed by atoms with Gasteiger partial charge in [-0.1, -0.05) is 26.7 Å². The molecule has 0 radical (unpaired) electrons. The minimum absolute atomic E-state index is 0.439. The Bertz CT molecular complexity index is 640. The molecule has 2 heterocycles. The van der Waals surface area contributed by atoms with Gasteiger partial charge in [-0.2, -0.15) is 0 Å². The number of aryl methyl sites for hydroxylation is 2. The van der Waals surface area contributed by atoms with Crippen LogP contribution in [0.4, 0.5) is 5.82 Å². The first-order valence-corrected chi connectivity index (χ1v) is 7.94. The predicted octanol–water partition coefficient (Wildman–Crippen LogP) is 4.33. The Kier molecular flexibility index (Phi) is 4.55. The lowest BCUT2D eigenvalue weighted by atomic mass is 10.0. The number of aromatic nitrogens is 3. The van der Waals surface area contributed by atoms with Gasteiger partial charge in [0, 0.05) is 11.7 Å². The fraction of sp³-hybridized carbons (Fsp3) is 0.647. The van der Waals surface area contributed by atoms with Gasteiger partial charge in [0.1, 0.15) is 17.3 Å². The maximum Gasteiger partial charge on any atom is 0.146 e. The molecule has 4 heteroatoms. The van der Waals surface area contributed by atoms with Gasteiger partial charge in [0.05, 0.1) is 5.39 Å². The van der Waals surface area contributed by atoms with Crippen LogP contribution in [0.1, 0.15) is 63.2 Å². The maximum absolute atomic E-state index is 6.12. The minimum atomic E-state index is 0.439. The summed E-state index contributed by atoms with van der Waals surface area (Å²) < 4.78 is 2.34. The molecule has 0 aliphatic carbocycles. The Balaban J connectivity index is 2.41. The quantitative estimate of drug-likeness (QED) is 0.891. The summed E-state index contributed by atoms with van der Waals surface area (Å²) in [4.78, 5) is 8.97. The van der Waals surface area contributed by atoms with Crippen LogP contribution in [0, 0.1) is 26.7 Å². The molecule has 0 amide bonds. The second kappa shape index (κ2) is 6.04. The van der Waals surface area contributed by atoms with Gasteiger partial charge >= 0.3 is 0 Å².